The maximum absolute atomic E-state index is 14.1. The number of alkyl halides is 9. The molecular formula is C34H33F9N4O5. The standard InChI is InChI=1S/C34H33F9N4O5/c1-2-31(44)17-26(25-16-21(32(35,36)37)3-4-27(25)47(31)30(50)52-8-5-28(48)49)29-20(14-24(18-45-29)46-6-9-51-10-7-46)11-19-12-22(33(38,39)40)15-23(13-19)34(41,42)43/h3-4,12-16,18,26H,2,5-11,17,44H2,1H3,(H,48,49)/t26-,31+/m0/s1. The van der Waals surface area contributed by atoms with Crippen molar-refractivity contribution in [2.24, 2.45) is 5.73 Å². The van der Waals surface area contributed by atoms with Gasteiger partial charge in [-0.3, -0.25) is 14.7 Å². The van der Waals surface area contributed by atoms with E-state index >= 15 is 0 Å². The summed E-state index contributed by atoms with van der Waals surface area (Å²) in [6, 6.07) is 5.16. The Bertz CT molecular complexity index is 1780. The first kappa shape index (κ1) is 38.6. The summed E-state index contributed by atoms with van der Waals surface area (Å²) in [6.07, 6.45) is -16.3. The highest BCUT2D eigenvalue weighted by atomic mass is 19.4. The Balaban J connectivity index is 1.71. The molecular weight excluding hydrogens is 715 g/mol. The summed E-state index contributed by atoms with van der Waals surface area (Å²) in [5.74, 6) is -2.44. The maximum atomic E-state index is 14.1. The van der Waals surface area contributed by atoms with E-state index in [4.69, 9.17) is 20.3 Å². The van der Waals surface area contributed by atoms with Crippen LogP contribution in [0.4, 0.5) is 55.7 Å². The number of amides is 1. The Morgan fingerprint density at radius 2 is 1.56 bits per heavy atom. The first-order chi connectivity index (χ1) is 24.2. The molecule has 3 aromatic rings. The fourth-order valence-corrected chi connectivity index (χ4v) is 6.42. The predicted molar refractivity (Wildman–Crippen MR) is 168 cm³/mol. The number of hydrogen-bond acceptors (Lipinski definition) is 7. The van der Waals surface area contributed by atoms with Crippen LogP contribution in [0.1, 0.15) is 71.2 Å². The maximum Gasteiger partial charge on any atom is 0.416 e. The van der Waals surface area contributed by atoms with E-state index in [1.165, 1.54) is 12.3 Å². The molecule has 0 saturated carbocycles. The average molecular weight is 749 g/mol. The van der Waals surface area contributed by atoms with Gasteiger partial charge in [0.25, 0.3) is 0 Å². The van der Waals surface area contributed by atoms with Crippen LogP contribution in [0.2, 0.25) is 0 Å². The molecule has 52 heavy (non-hydrogen) atoms. The number of ether oxygens (including phenoxy) is 2. The van der Waals surface area contributed by atoms with E-state index < -0.39 is 78.3 Å². The lowest BCUT2D eigenvalue weighted by Crippen LogP contribution is -2.61. The minimum Gasteiger partial charge on any atom is -0.481 e. The number of carboxylic acid groups (broad SMARTS) is 1. The Morgan fingerprint density at radius 3 is 2.12 bits per heavy atom. The van der Waals surface area contributed by atoms with Crippen LogP contribution in [0, 0.1) is 0 Å². The van der Waals surface area contributed by atoms with E-state index in [-0.39, 0.29) is 47.0 Å². The number of carbonyl (C=O) groups excluding carboxylic acids is 1. The molecule has 0 unspecified atom stereocenters. The number of nitrogens with zero attached hydrogens (tertiary/aromatic N) is 3. The third-order valence-corrected chi connectivity index (χ3v) is 9.05. The minimum absolute atomic E-state index is 0.00296. The van der Waals surface area contributed by atoms with Crippen LogP contribution in [-0.4, -0.2) is 60.7 Å². The van der Waals surface area contributed by atoms with Crippen LogP contribution >= 0.6 is 0 Å². The number of aliphatic carboxylic acids is 1. The number of pyridine rings is 1. The van der Waals surface area contributed by atoms with E-state index in [0.717, 1.165) is 17.0 Å². The number of rotatable bonds is 8. The molecule has 1 fully saturated rings. The molecule has 9 nitrogen and oxygen atoms in total. The second-order valence-corrected chi connectivity index (χ2v) is 12.5. The van der Waals surface area contributed by atoms with Crippen LogP contribution in [0.5, 0.6) is 0 Å². The van der Waals surface area contributed by atoms with Gasteiger partial charge in [-0.05, 0) is 78.4 Å². The Labute approximate surface area is 291 Å². The molecule has 2 atom stereocenters. The van der Waals surface area contributed by atoms with Crippen molar-refractivity contribution in [3.63, 3.8) is 0 Å². The molecule has 3 heterocycles. The molecule has 282 valence electrons. The normalized spacial score (nSPS) is 19.7. The largest absolute Gasteiger partial charge is 0.481 e. The molecule has 2 aliphatic heterocycles. The number of carboxylic acids is 1. The molecule has 2 aliphatic rings. The van der Waals surface area contributed by atoms with Crippen LogP contribution in [-0.2, 0) is 39.2 Å². The second-order valence-electron chi connectivity index (χ2n) is 12.5. The smallest absolute Gasteiger partial charge is 0.416 e. The lowest BCUT2D eigenvalue weighted by Gasteiger charge is -2.47. The Kier molecular flexibility index (Phi) is 10.7. The van der Waals surface area contributed by atoms with Gasteiger partial charge < -0.3 is 25.2 Å². The zero-order valence-electron chi connectivity index (χ0n) is 27.5. The van der Waals surface area contributed by atoms with E-state index in [0.29, 0.717) is 50.2 Å². The van der Waals surface area contributed by atoms with Gasteiger partial charge in [-0.1, -0.05) is 6.92 Å². The van der Waals surface area contributed by atoms with Crippen molar-refractivity contribution < 1.29 is 63.7 Å². The van der Waals surface area contributed by atoms with Gasteiger partial charge in [-0.15, -0.1) is 0 Å². The van der Waals surface area contributed by atoms with Gasteiger partial charge in [-0.25, -0.2) is 4.79 Å². The topological polar surface area (TPSA) is 118 Å². The fourth-order valence-electron chi connectivity index (χ4n) is 6.42. The first-order valence-corrected chi connectivity index (χ1v) is 16.0. The second kappa shape index (κ2) is 14.4. The summed E-state index contributed by atoms with van der Waals surface area (Å²) in [5, 5.41) is 8.99. The molecule has 1 aromatic heterocycles. The first-order valence-electron chi connectivity index (χ1n) is 16.0. The van der Waals surface area contributed by atoms with Gasteiger partial charge in [0.2, 0.25) is 0 Å². The highest BCUT2D eigenvalue weighted by Crippen LogP contribution is 2.49. The zero-order valence-corrected chi connectivity index (χ0v) is 27.5. The van der Waals surface area contributed by atoms with Crippen molar-refractivity contribution in [2.75, 3.05) is 42.7 Å². The Morgan fingerprint density at radius 1 is 0.942 bits per heavy atom. The van der Waals surface area contributed by atoms with Crippen LogP contribution in [0.15, 0.2) is 48.7 Å². The van der Waals surface area contributed by atoms with Crippen LogP contribution in [0.3, 0.4) is 0 Å². The molecule has 5 rings (SSSR count). The van der Waals surface area contributed by atoms with Crippen molar-refractivity contribution in [3.8, 4) is 0 Å². The van der Waals surface area contributed by atoms with Crippen molar-refractivity contribution in [3.05, 3.63) is 87.7 Å². The van der Waals surface area contributed by atoms with Gasteiger partial charge >= 0.3 is 30.6 Å². The number of hydrogen-bond donors (Lipinski definition) is 2. The number of fused-ring (bicyclic) bond motifs is 1. The number of aromatic nitrogens is 1. The highest BCUT2D eigenvalue weighted by Gasteiger charge is 2.47. The third-order valence-electron chi connectivity index (χ3n) is 9.05. The number of anilines is 2. The van der Waals surface area contributed by atoms with Crippen molar-refractivity contribution in [1.29, 1.82) is 0 Å². The molecule has 0 radical (unpaired) electrons. The van der Waals surface area contributed by atoms with Crippen LogP contribution < -0.4 is 15.5 Å². The van der Waals surface area contributed by atoms with Gasteiger partial charge in [-0.2, -0.15) is 39.5 Å². The summed E-state index contributed by atoms with van der Waals surface area (Å²) in [5.41, 5.74) is 0.836. The van der Waals surface area contributed by atoms with Gasteiger partial charge in [0.15, 0.2) is 0 Å². The molecule has 0 bridgehead atoms. The third kappa shape index (κ3) is 8.38. The summed E-state index contributed by atoms with van der Waals surface area (Å²) in [7, 11) is 0. The molecule has 0 spiro atoms. The summed E-state index contributed by atoms with van der Waals surface area (Å²) >= 11 is 0. The van der Waals surface area contributed by atoms with Gasteiger partial charge in [0.1, 0.15) is 12.3 Å². The quantitative estimate of drug-likeness (QED) is 0.227. The summed E-state index contributed by atoms with van der Waals surface area (Å²) in [4.78, 5) is 31.8. The zero-order chi connectivity index (χ0) is 38.2. The Hall–Kier alpha value is -4.58. The molecule has 2 aromatic carbocycles. The lowest BCUT2D eigenvalue weighted by atomic mass is 9.77. The average Bonchev–Trinajstić information content (AvgIpc) is 3.06. The number of nitrogens with two attached hydrogens (primary N) is 1. The molecule has 1 saturated heterocycles. The van der Waals surface area contributed by atoms with E-state index in [9.17, 15) is 49.1 Å². The van der Waals surface area contributed by atoms with Gasteiger partial charge in [0, 0.05) is 19.0 Å². The highest BCUT2D eigenvalue weighted by molar-refractivity contribution is 5.92. The van der Waals surface area contributed by atoms with Crippen molar-refractivity contribution in [1.82, 2.24) is 4.98 Å². The summed E-state index contributed by atoms with van der Waals surface area (Å²) in [6.45, 7) is 2.41. The number of morpholine rings is 1. The van der Waals surface area contributed by atoms with E-state index in [2.05, 4.69) is 4.98 Å². The minimum atomic E-state index is -5.13. The fraction of sp³-hybridized carbons (Fsp3) is 0.441. The monoisotopic (exact) mass is 748 g/mol. The molecule has 0 aliphatic carbocycles. The predicted octanol–water partition coefficient (Wildman–Crippen LogP) is 7.58. The number of halogens is 9. The van der Waals surface area contributed by atoms with Gasteiger partial charge in [0.05, 0.1) is 59.6 Å². The van der Waals surface area contributed by atoms with Crippen LogP contribution in [0.25, 0.3) is 0 Å². The molecule has 1 amide bonds. The number of carbonyl (C=O) groups is 2. The van der Waals surface area contributed by atoms with Crippen molar-refractivity contribution in [2.45, 2.75) is 62.7 Å². The van der Waals surface area contributed by atoms with Crippen molar-refractivity contribution >= 4 is 23.4 Å². The van der Waals surface area contributed by atoms with E-state index in [1.54, 1.807) is 6.92 Å². The lowest BCUT2D eigenvalue weighted by molar-refractivity contribution is -0.143. The van der Waals surface area contributed by atoms with E-state index in [1.807, 2.05) is 4.90 Å². The molecule has 18 heteroatoms. The summed E-state index contributed by atoms with van der Waals surface area (Å²) < 4.78 is 136. The SMILES string of the molecule is CC[C@]1(N)C[C@H](c2ncc(N3CCOCC3)cc2Cc2cc(C(F)(F)F)cc(C(F)(F)F)c2)c2cc(C(F)(F)F)ccc2N1C(=O)OCCC(=O)O. The molecule has 3 N–H and O–H groups in total. The number of benzene rings is 2.